The molecule has 3 amide bonds. The van der Waals surface area contributed by atoms with E-state index in [1.54, 1.807) is 46.2 Å². The highest BCUT2D eigenvalue weighted by atomic mass is 35.5. The van der Waals surface area contributed by atoms with Crippen molar-refractivity contribution < 1.29 is 19.1 Å². The van der Waals surface area contributed by atoms with E-state index in [0.717, 1.165) is 10.1 Å². The average Bonchev–Trinajstić information content (AvgIpc) is 3.13. The van der Waals surface area contributed by atoms with Crippen LogP contribution in [0.4, 0.5) is 10.5 Å². The van der Waals surface area contributed by atoms with Gasteiger partial charge in [-0.3, -0.25) is 4.79 Å². The monoisotopic (exact) mass is 491 g/mol. The maximum Gasteiger partial charge on any atom is 0.339 e. The van der Waals surface area contributed by atoms with Gasteiger partial charge in [0.25, 0.3) is 5.91 Å². The van der Waals surface area contributed by atoms with Crippen LogP contribution >= 0.6 is 34.5 Å². The minimum absolute atomic E-state index is 0.164. The molecule has 0 atom stereocenters. The van der Waals surface area contributed by atoms with Gasteiger partial charge in [0, 0.05) is 41.3 Å². The predicted molar refractivity (Wildman–Crippen MR) is 126 cm³/mol. The summed E-state index contributed by atoms with van der Waals surface area (Å²) in [7, 11) is 1.29. The maximum atomic E-state index is 13.0. The van der Waals surface area contributed by atoms with Crippen LogP contribution in [0.25, 0.3) is 10.1 Å². The Morgan fingerprint density at radius 3 is 2.41 bits per heavy atom. The quantitative estimate of drug-likeness (QED) is 0.523. The molecule has 0 radical (unpaired) electrons. The summed E-state index contributed by atoms with van der Waals surface area (Å²) < 4.78 is 5.61. The number of rotatable bonds is 3. The number of carbonyl (C=O) groups excluding carboxylic acids is 3. The van der Waals surface area contributed by atoms with E-state index in [4.69, 9.17) is 27.9 Å². The van der Waals surface area contributed by atoms with E-state index < -0.39 is 5.97 Å². The first-order valence-electron chi connectivity index (χ1n) is 9.79. The van der Waals surface area contributed by atoms with Gasteiger partial charge in [-0.15, -0.1) is 11.3 Å². The van der Waals surface area contributed by atoms with Crippen molar-refractivity contribution in [3.63, 3.8) is 0 Å². The fourth-order valence-electron chi connectivity index (χ4n) is 3.51. The second kappa shape index (κ2) is 9.36. The van der Waals surface area contributed by atoms with Gasteiger partial charge in [0.1, 0.15) is 4.88 Å². The van der Waals surface area contributed by atoms with Gasteiger partial charge in [0.05, 0.1) is 23.4 Å². The van der Waals surface area contributed by atoms with Gasteiger partial charge in [-0.2, -0.15) is 0 Å². The topological polar surface area (TPSA) is 79.0 Å². The molecule has 7 nitrogen and oxygen atoms in total. The summed E-state index contributed by atoms with van der Waals surface area (Å²) >= 11 is 13.8. The fourth-order valence-corrected chi connectivity index (χ4v) is 5.26. The van der Waals surface area contributed by atoms with Gasteiger partial charge in [-0.25, -0.2) is 9.59 Å². The molecule has 4 rings (SSSR count). The molecule has 1 aromatic heterocycles. The normalized spacial score (nSPS) is 13.8. The number of hydrogen-bond donors (Lipinski definition) is 1. The molecule has 0 bridgehead atoms. The number of benzene rings is 2. The van der Waals surface area contributed by atoms with Crippen LogP contribution in [-0.2, 0) is 4.74 Å². The number of ether oxygens (including phenoxy) is 1. The summed E-state index contributed by atoms with van der Waals surface area (Å²) in [5.74, 6) is -0.693. The number of fused-ring (bicyclic) bond motifs is 1. The Bertz CT molecular complexity index is 1210. The first-order valence-corrected chi connectivity index (χ1v) is 11.4. The third kappa shape index (κ3) is 4.39. The zero-order valence-corrected chi connectivity index (χ0v) is 19.4. The summed E-state index contributed by atoms with van der Waals surface area (Å²) in [6, 6.07) is 11.6. The van der Waals surface area contributed by atoms with Crippen molar-refractivity contribution in [2.45, 2.75) is 0 Å². The van der Waals surface area contributed by atoms with E-state index in [0.29, 0.717) is 46.8 Å². The van der Waals surface area contributed by atoms with Crippen LogP contribution < -0.4 is 5.32 Å². The Hall–Kier alpha value is -2.81. The van der Waals surface area contributed by atoms with Crippen molar-refractivity contribution in [1.82, 2.24) is 9.80 Å². The number of amides is 3. The van der Waals surface area contributed by atoms with Crippen molar-refractivity contribution >= 4 is 68.2 Å². The average molecular weight is 492 g/mol. The molecule has 0 aliphatic carbocycles. The first kappa shape index (κ1) is 22.4. The van der Waals surface area contributed by atoms with Crippen LogP contribution in [0.2, 0.25) is 10.0 Å². The summed E-state index contributed by atoms with van der Waals surface area (Å²) in [6.45, 7) is 1.45. The Kier molecular flexibility index (Phi) is 6.55. The van der Waals surface area contributed by atoms with Crippen LogP contribution in [0.1, 0.15) is 20.0 Å². The number of anilines is 1. The molecular weight excluding hydrogens is 473 g/mol. The molecular formula is C22H19Cl2N3O4S. The minimum atomic E-state index is -0.530. The second-order valence-corrected chi connectivity index (χ2v) is 9.00. The van der Waals surface area contributed by atoms with Crippen LogP contribution in [0, 0.1) is 0 Å². The highest BCUT2D eigenvalue weighted by Crippen LogP contribution is 2.37. The van der Waals surface area contributed by atoms with Gasteiger partial charge >= 0.3 is 12.0 Å². The number of esters is 1. The largest absolute Gasteiger partial charge is 0.465 e. The van der Waals surface area contributed by atoms with Crippen LogP contribution in [0.3, 0.4) is 0 Å². The van der Waals surface area contributed by atoms with E-state index >= 15 is 0 Å². The van der Waals surface area contributed by atoms with Gasteiger partial charge in [0.2, 0.25) is 0 Å². The lowest BCUT2D eigenvalue weighted by Gasteiger charge is -2.34. The number of methoxy groups -OCH3 is 1. The summed E-state index contributed by atoms with van der Waals surface area (Å²) in [6.07, 6.45) is 0. The SMILES string of the molecule is COC(=O)c1ccccc1NC(=O)N1CCN(C(=O)c2sc3cc(Cl)ccc3c2Cl)CC1. The highest BCUT2D eigenvalue weighted by Gasteiger charge is 2.28. The Morgan fingerprint density at radius 1 is 1.00 bits per heavy atom. The molecule has 1 aliphatic rings. The van der Waals surface area contributed by atoms with Crippen molar-refractivity contribution in [2.24, 2.45) is 0 Å². The van der Waals surface area contributed by atoms with Gasteiger partial charge in [-0.05, 0) is 24.3 Å². The molecule has 3 aromatic rings. The number of carbonyl (C=O) groups is 3. The molecule has 0 unspecified atom stereocenters. The first-order chi connectivity index (χ1) is 15.4. The molecule has 2 aromatic carbocycles. The number of halogens is 2. The zero-order chi connectivity index (χ0) is 22.8. The Balaban J connectivity index is 1.41. The lowest BCUT2D eigenvalue weighted by atomic mass is 10.2. The van der Waals surface area contributed by atoms with Crippen LogP contribution in [0.15, 0.2) is 42.5 Å². The predicted octanol–water partition coefficient (Wildman–Crippen LogP) is 4.98. The van der Waals surface area contributed by atoms with Crippen molar-refractivity contribution in [1.29, 1.82) is 0 Å². The number of thiophene rings is 1. The Morgan fingerprint density at radius 2 is 1.69 bits per heavy atom. The molecule has 32 heavy (non-hydrogen) atoms. The third-order valence-corrected chi connectivity index (χ3v) is 7.09. The molecule has 166 valence electrons. The van der Waals surface area contributed by atoms with Crippen molar-refractivity contribution in [3.8, 4) is 0 Å². The zero-order valence-electron chi connectivity index (χ0n) is 17.1. The number of para-hydroxylation sites is 1. The van der Waals surface area contributed by atoms with Crippen LogP contribution in [-0.4, -0.2) is 61.0 Å². The van der Waals surface area contributed by atoms with E-state index in [1.165, 1.54) is 18.4 Å². The molecule has 1 fully saturated rings. The molecule has 1 saturated heterocycles. The lowest BCUT2D eigenvalue weighted by Crippen LogP contribution is -2.51. The lowest BCUT2D eigenvalue weighted by molar-refractivity contribution is 0.0600. The molecule has 1 aliphatic heterocycles. The van der Waals surface area contributed by atoms with E-state index in [9.17, 15) is 14.4 Å². The standard InChI is InChI=1S/C22H19Cl2N3O4S/c1-31-21(29)14-4-2-3-5-16(14)25-22(30)27-10-8-26(9-11-27)20(28)19-18(24)15-7-6-13(23)12-17(15)32-19/h2-7,12H,8-11H2,1H3,(H,25,30). The number of hydrogen-bond acceptors (Lipinski definition) is 5. The summed E-state index contributed by atoms with van der Waals surface area (Å²) in [4.78, 5) is 41.4. The number of nitrogens with zero attached hydrogens (tertiary/aromatic N) is 2. The highest BCUT2D eigenvalue weighted by molar-refractivity contribution is 7.21. The van der Waals surface area contributed by atoms with Gasteiger partial charge in [-0.1, -0.05) is 41.4 Å². The number of urea groups is 1. The van der Waals surface area contributed by atoms with Gasteiger partial charge < -0.3 is 19.9 Å². The summed E-state index contributed by atoms with van der Waals surface area (Å²) in [5, 5.41) is 4.56. The third-order valence-electron chi connectivity index (χ3n) is 5.21. The van der Waals surface area contributed by atoms with Crippen molar-refractivity contribution in [3.05, 3.63) is 63.0 Å². The van der Waals surface area contributed by atoms with E-state index in [1.807, 2.05) is 6.07 Å². The molecule has 0 saturated carbocycles. The van der Waals surface area contributed by atoms with E-state index in [2.05, 4.69) is 5.32 Å². The van der Waals surface area contributed by atoms with E-state index in [-0.39, 0.29) is 17.5 Å². The smallest absolute Gasteiger partial charge is 0.339 e. The molecule has 10 heteroatoms. The molecule has 1 N–H and O–H groups in total. The second-order valence-electron chi connectivity index (χ2n) is 7.13. The molecule has 0 spiro atoms. The fraction of sp³-hybridized carbons (Fsp3) is 0.227. The van der Waals surface area contributed by atoms with Crippen molar-refractivity contribution in [2.75, 3.05) is 38.6 Å². The number of nitrogens with one attached hydrogen (secondary N) is 1. The summed E-state index contributed by atoms with van der Waals surface area (Å²) in [5.41, 5.74) is 0.648. The number of piperazine rings is 1. The Labute approximate surface area is 198 Å². The maximum absolute atomic E-state index is 13.0. The van der Waals surface area contributed by atoms with Crippen LogP contribution in [0.5, 0.6) is 0 Å². The molecule has 2 heterocycles. The minimum Gasteiger partial charge on any atom is -0.465 e. The van der Waals surface area contributed by atoms with Gasteiger partial charge in [0.15, 0.2) is 0 Å².